The number of nitrogens with one attached hydrogen (secondary N) is 1. The molecule has 11 atom stereocenters. The minimum Gasteiger partial charge on any atom is -0.393 e. The normalized spacial score (nSPS) is 44.1. The molecule has 4 rings (SSSR count). The first-order valence-corrected chi connectivity index (χ1v) is 16.3. The van der Waals surface area contributed by atoms with Crippen molar-refractivity contribution in [2.45, 2.75) is 105 Å². The highest BCUT2D eigenvalue weighted by molar-refractivity contribution is 7.85. The summed E-state index contributed by atoms with van der Waals surface area (Å²) in [7, 11) is -4.06. The summed E-state index contributed by atoms with van der Waals surface area (Å²) in [6, 6.07) is 0. The van der Waals surface area contributed by atoms with Gasteiger partial charge in [-0.1, -0.05) is 41.0 Å². The molecule has 1 amide bonds. The van der Waals surface area contributed by atoms with Gasteiger partial charge in [-0.05, 0) is 110 Å². The van der Waals surface area contributed by atoms with E-state index >= 15 is 0 Å². The molecule has 0 aromatic heterocycles. The molecule has 4 saturated carbocycles. The lowest BCUT2D eigenvalue weighted by Gasteiger charge is -2.63. The van der Waals surface area contributed by atoms with Crippen LogP contribution < -0.4 is 5.32 Å². The molecule has 0 radical (unpaired) electrons. The monoisotopic (exact) mass is 525 g/mol. The molecule has 0 aliphatic heterocycles. The molecule has 0 heterocycles. The molecule has 0 aromatic carbocycles. The average molecular weight is 526 g/mol. The van der Waals surface area contributed by atoms with Crippen molar-refractivity contribution in [1.82, 2.24) is 5.32 Å². The van der Waals surface area contributed by atoms with Gasteiger partial charge in [-0.25, -0.2) is 0 Å². The van der Waals surface area contributed by atoms with Gasteiger partial charge in [0.05, 0.1) is 11.9 Å². The number of carbonyl (C=O) groups is 1. The first kappa shape index (κ1) is 28.4. The third kappa shape index (κ3) is 5.27. The Morgan fingerprint density at radius 1 is 1.00 bits per heavy atom. The summed E-state index contributed by atoms with van der Waals surface area (Å²) in [6.45, 7) is 11.7. The van der Waals surface area contributed by atoms with E-state index in [0.717, 1.165) is 42.9 Å². The summed E-state index contributed by atoms with van der Waals surface area (Å²) in [6.07, 6.45) is 11.6. The fourth-order valence-electron chi connectivity index (χ4n) is 10.2. The second-order valence-electron chi connectivity index (χ2n) is 13.7. The van der Waals surface area contributed by atoms with E-state index in [-0.39, 0.29) is 24.5 Å². The summed E-state index contributed by atoms with van der Waals surface area (Å²) >= 11 is 0. The predicted molar refractivity (Wildman–Crippen MR) is 143 cm³/mol. The minimum absolute atomic E-state index is 0.0436. The average Bonchev–Trinajstić information content (AvgIpc) is 3.15. The van der Waals surface area contributed by atoms with Gasteiger partial charge in [-0.3, -0.25) is 9.35 Å². The van der Waals surface area contributed by atoms with Crippen molar-refractivity contribution >= 4 is 16.0 Å². The number of amides is 1. The SMILES string of the molecule is CC[C@H]1CC2C(CC[C@@]3(C)C2CC[C@@H]3[C@H](C)C[C@H](C)C(=O)NCCS(=O)(=O)O)[C@@]2(C)CC[C@@H](O)CC12. The third-order valence-electron chi connectivity index (χ3n) is 11.9. The molecule has 6 nitrogen and oxygen atoms in total. The maximum absolute atomic E-state index is 12.6. The van der Waals surface area contributed by atoms with E-state index in [1.807, 2.05) is 6.92 Å². The zero-order valence-electron chi connectivity index (χ0n) is 23.2. The highest BCUT2D eigenvalue weighted by atomic mass is 32.2. The predicted octanol–water partition coefficient (Wildman–Crippen LogP) is 5.31. The maximum atomic E-state index is 12.6. The topological polar surface area (TPSA) is 104 Å². The Bertz CT molecular complexity index is 907. The van der Waals surface area contributed by atoms with E-state index in [1.54, 1.807) is 0 Å². The van der Waals surface area contributed by atoms with Crippen molar-refractivity contribution in [2.24, 2.45) is 58.2 Å². The van der Waals surface area contributed by atoms with Crippen LogP contribution in [0.3, 0.4) is 0 Å². The first-order valence-electron chi connectivity index (χ1n) is 14.7. The molecule has 0 spiro atoms. The van der Waals surface area contributed by atoms with Crippen molar-refractivity contribution in [3.63, 3.8) is 0 Å². The molecular weight excluding hydrogens is 474 g/mol. The summed E-state index contributed by atoms with van der Waals surface area (Å²) in [5.41, 5.74) is 0.708. The quantitative estimate of drug-likeness (QED) is 0.373. The van der Waals surface area contributed by atoms with Crippen LogP contribution in [-0.4, -0.2) is 42.4 Å². The molecule has 4 aliphatic rings. The third-order valence-corrected chi connectivity index (χ3v) is 12.7. The number of rotatable bonds is 8. The lowest BCUT2D eigenvalue weighted by molar-refractivity contribution is -0.152. The van der Waals surface area contributed by atoms with Crippen molar-refractivity contribution in [2.75, 3.05) is 12.3 Å². The van der Waals surface area contributed by atoms with E-state index in [1.165, 1.54) is 44.9 Å². The maximum Gasteiger partial charge on any atom is 0.266 e. The van der Waals surface area contributed by atoms with Crippen LogP contribution in [0, 0.1) is 58.2 Å². The van der Waals surface area contributed by atoms with Crippen molar-refractivity contribution in [3.8, 4) is 0 Å². The Morgan fingerprint density at radius 3 is 2.33 bits per heavy atom. The van der Waals surface area contributed by atoms with Crippen LogP contribution >= 0.6 is 0 Å². The Morgan fingerprint density at radius 2 is 1.67 bits per heavy atom. The van der Waals surface area contributed by atoms with Crippen molar-refractivity contribution in [3.05, 3.63) is 0 Å². The van der Waals surface area contributed by atoms with Crippen molar-refractivity contribution in [1.29, 1.82) is 0 Å². The van der Waals surface area contributed by atoms with Gasteiger partial charge in [0.1, 0.15) is 0 Å². The molecular formula is C29H51NO5S. The van der Waals surface area contributed by atoms with Gasteiger partial charge < -0.3 is 10.4 Å². The summed E-state index contributed by atoms with van der Waals surface area (Å²) in [5, 5.41) is 13.2. The van der Waals surface area contributed by atoms with Gasteiger partial charge in [-0.15, -0.1) is 0 Å². The fourth-order valence-corrected chi connectivity index (χ4v) is 10.6. The number of carbonyl (C=O) groups excluding carboxylic acids is 1. The molecule has 3 N–H and O–H groups in total. The number of aliphatic hydroxyl groups excluding tert-OH is 1. The highest BCUT2D eigenvalue weighted by Gasteiger charge is 2.62. The van der Waals surface area contributed by atoms with E-state index in [0.29, 0.717) is 28.6 Å². The van der Waals surface area contributed by atoms with E-state index < -0.39 is 15.9 Å². The Balaban J connectivity index is 1.43. The van der Waals surface area contributed by atoms with Gasteiger partial charge in [0, 0.05) is 12.5 Å². The number of hydrogen-bond acceptors (Lipinski definition) is 4. The molecule has 4 unspecified atom stereocenters. The summed E-state index contributed by atoms with van der Waals surface area (Å²) < 4.78 is 30.8. The Kier molecular flexibility index (Phi) is 8.26. The fraction of sp³-hybridized carbons (Fsp3) is 0.966. The Hall–Kier alpha value is -0.660. The lowest BCUT2D eigenvalue weighted by Crippen LogP contribution is -2.56. The van der Waals surface area contributed by atoms with Crippen LogP contribution in [-0.2, 0) is 14.9 Å². The van der Waals surface area contributed by atoms with Crippen molar-refractivity contribution < 1.29 is 22.9 Å². The molecule has 4 aliphatic carbocycles. The lowest BCUT2D eigenvalue weighted by atomic mass is 9.42. The zero-order chi connectivity index (χ0) is 26.5. The number of hydrogen-bond donors (Lipinski definition) is 3. The molecule has 208 valence electrons. The molecule has 0 saturated heterocycles. The van der Waals surface area contributed by atoms with Crippen LogP contribution in [0.1, 0.15) is 98.8 Å². The first-order chi connectivity index (χ1) is 16.8. The highest BCUT2D eigenvalue weighted by Crippen LogP contribution is 2.69. The standard InChI is InChI=1S/C29H51NO5S/c1-6-20-16-22-24-8-7-23(18(2)15-19(3)27(32)30-13-14-36(33,34)35)28(24,4)12-10-25(22)29(5)11-9-21(31)17-26(20)29/h18-26,31H,6-17H2,1-5H3,(H,30,32)(H,33,34,35)/t18-,19+,20+,21-,22?,23-,24?,25?,26?,28-,29-/m1/s1. The number of aliphatic hydroxyl groups is 1. The van der Waals surface area contributed by atoms with Gasteiger partial charge >= 0.3 is 0 Å². The van der Waals surface area contributed by atoms with Crippen LogP contribution in [0.15, 0.2) is 0 Å². The molecule has 4 fully saturated rings. The smallest absolute Gasteiger partial charge is 0.266 e. The molecule has 0 bridgehead atoms. The van der Waals surface area contributed by atoms with E-state index in [9.17, 15) is 18.3 Å². The van der Waals surface area contributed by atoms with Crippen LogP contribution in [0.2, 0.25) is 0 Å². The van der Waals surface area contributed by atoms with Crippen LogP contribution in [0.4, 0.5) is 0 Å². The van der Waals surface area contributed by atoms with Crippen LogP contribution in [0.5, 0.6) is 0 Å². The summed E-state index contributed by atoms with van der Waals surface area (Å²) in [4.78, 5) is 12.6. The molecule has 0 aromatic rings. The van der Waals surface area contributed by atoms with Gasteiger partial charge in [0.15, 0.2) is 0 Å². The minimum atomic E-state index is -4.06. The van der Waals surface area contributed by atoms with E-state index in [2.05, 4.69) is 33.0 Å². The second-order valence-corrected chi connectivity index (χ2v) is 15.3. The van der Waals surface area contributed by atoms with Gasteiger partial charge in [0.2, 0.25) is 5.91 Å². The van der Waals surface area contributed by atoms with Gasteiger partial charge in [0.25, 0.3) is 10.1 Å². The zero-order valence-corrected chi connectivity index (χ0v) is 24.0. The second kappa shape index (κ2) is 10.5. The Labute approximate surface area is 219 Å². The van der Waals surface area contributed by atoms with Gasteiger partial charge in [-0.2, -0.15) is 8.42 Å². The van der Waals surface area contributed by atoms with Crippen LogP contribution in [0.25, 0.3) is 0 Å². The largest absolute Gasteiger partial charge is 0.393 e. The number of fused-ring (bicyclic) bond motifs is 5. The molecule has 36 heavy (non-hydrogen) atoms. The summed E-state index contributed by atoms with van der Waals surface area (Å²) in [5.74, 6) is 4.08. The molecule has 7 heteroatoms. The van der Waals surface area contributed by atoms with E-state index in [4.69, 9.17) is 4.55 Å².